The molecule has 0 radical (unpaired) electrons. The van der Waals surface area contributed by atoms with Gasteiger partial charge in [0.1, 0.15) is 34.4 Å². The van der Waals surface area contributed by atoms with Gasteiger partial charge < -0.3 is 34.4 Å². The summed E-state index contributed by atoms with van der Waals surface area (Å²) in [6.07, 6.45) is -2.67. The summed E-state index contributed by atoms with van der Waals surface area (Å²) in [6, 6.07) is -1.27. The van der Waals surface area contributed by atoms with Gasteiger partial charge >= 0.3 is 24.1 Å². The molecule has 3 aliphatic rings. The predicted molar refractivity (Wildman–Crippen MR) is 176 cm³/mol. The molecule has 0 bridgehead atoms. The molecule has 3 aliphatic heterocycles. The van der Waals surface area contributed by atoms with Crippen molar-refractivity contribution in [2.24, 2.45) is 10.3 Å². The lowest BCUT2D eigenvalue weighted by Gasteiger charge is -2.41. The third-order valence-corrected chi connectivity index (χ3v) is 9.39. The van der Waals surface area contributed by atoms with Gasteiger partial charge in [-0.25, -0.2) is 24.2 Å². The number of thioether (sulfide) groups is 1. The van der Waals surface area contributed by atoms with Gasteiger partial charge in [0.05, 0.1) is 19.6 Å². The molecule has 1 aromatic rings. The normalized spacial score (nSPS) is 23.6. The number of cyclic esters (lactones) is 1. The highest BCUT2D eigenvalue weighted by Gasteiger charge is 2.66. The Morgan fingerprint density at radius 2 is 1.80 bits per heavy atom. The molecule has 22 heteroatoms. The van der Waals surface area contributed by atoms with E-state index < -0.39 is 87.4 Å². The van der Waals surface area contributed by atoms with E-state index in [0.29, 0.717) is 0 Å². The fourth-order valence-electron chi connectivity index (χ4n) is 4.69. The third-order valence-electron chi connectivity index (χ3n) is 6.95. The van der Waals surface area contributed by atoms with E-state index in [4.69, 9.17) is 24.6 Å². The molecule has 4 rings (SSSR count). The van der Waals surface area contributed by atoms with Crippen molar-refractivity contribution in [1.29, 1.82) is 0 Å². The number of nitrogens with zero attached hydrogens (tertiary/aromatic N) is 7. The van der Waals surface area contributed by atoms with E-state index in [2.05, 4.69) is 30.8 Å². The van der Waals surface area contributed by atoms with Crippen LogP contribution < -0.4 is 10.6 Å². The number of anilines is 1. The summed E-state index contributed by atoms with van der Waals surface area (Å²) >= 11 is 1.67. The molecule has 0 aromatic carbocycles. The Balaban J connectivity index is 1.58. The van der Waals surface area contributed by atoms with Crippen LogP contribution in [-0.4, -0.2) is 120 Å². The Bertz CT molecular complexity index is 1660. The number of carbonyl (C=O) groups excluding carboxylic acids is 5. The number of nitrogens with one attached hydrogen (secondary N) is 2. The second-order valence-electron chi connectivity index (χ2n) is 13.8. The molecule has 272 valence electrons. The lowest BCUT2D eigenvalue weighted by atomic mass is 10.0. The second-order valence-corrected chi connectivity index (χ2v) is 16.0. The lowest BCUT2D eigenvalue weighted by Crippen LogP contribution is -2.68. The molecule has 3 N–H and O–H groups in total. The minimum absolute atomic E-state index is 0.0286. The first-order valence-electron chi connectivity index (χ1n) is 15.0. The number of thiazole rings is 1. The minimum atomic E-state index is -1.96. The molecule has 20 nitrogen and oxygen atoms in total. The Labute approximate surface area is 293 Å². The number of carboxylic acid groups (broad SMARTS) is 1. The zero-order chi connectivity index (χ0) is 37.4. The lowest BCUT2D eigenvalue weighted by molar-refractivity contribution is -0.179. The Morgan fingerprint density at radius 3 is 2.40 bits per heavy atom. The van der Waals surface area contributed by atoms with Crippen LogP contribution in [0, 0.1) is 0 Å². The summed E-state index contributed by atoms with van der Waals surface area (Å²) < 4.78 is 15.8. The van der Waals surface area contributed by atoms with E-state index in [0.717, 1.165) is 28.0 Å². The standard InChI is InChI=1S/C28H37N9O11S2/c1-25(2,3)46-21(42)27(7,8)48-34-15(14-11-49-22(31-14)33-23(43)47-26(4,5)6)17(38)32-16-18(39)36-12-28(20(40)41,50-19(16)36)37-10-13(9-30-35-29)45-24(37)44/h11,13,16,19H,9-10,12H2,1-8H3,(H,32,38)(H,40,41)(H,31,33,43)/b34-15-/t13?,16-,19-,28-/m1/s1. The van der Waals surface area contributed by atoms with E-state index in [-0.39, 0.29) is 23.9 Å². The number of aliphatic carboxylic acids is 1. The number of ether oxygens (including phenoxy) is 3. The number of β-lactam (4-membered cyclic amide) rings is 1. The maximum Gasteiger partial charge on any atom is 0.413 e. The Morgan fingerprint density at radius 1 is 1.14 bits per heavy atom. The van der Waals surface area contributed by atoms with Gasteiger partial charge in [0.15, 0.2) is 10.8 Å². The molecule has 1 aromatic heterocycles. The SMILES string of the molecule is CC(C)(C)OC(=O)Nc1nc(/C(=N/OC(C)(C)C(=O)OC(C)(C)C)C(=O)N[C@@H]2C(=O)N3C[C@@](C(=O)O)(N4CC(CN=[N+]=[N-])OC4=O)S[C@H]23)cs1. The topological polar surface area (TPSA) is 264 Å². The van der Waals surface area contributed by atoms with Gasteiger partial charge in [-0.2, -0.15) is 0 Å². The highest BCUT2D eigenvalue weighted by Crippen LogP contribution is 2.50. The number of carbonyl (C=O) groups is 6. The first kappa shape index (κ1) is 38.0. The van der Waals surface area contributed by atoms with E-state index in [1.807, 2.05) is 0 Å². The predicted octanol–water partition coefficient (Wildman–Crippen LogP) is 2.64. The van der Waals surface area contributed by atoms with E-state index >= 15 is 0 Å². The number of azide groups is 1. The summed E-state index contributed by atoms with van der Waals surface area (Å²) in [5.41, 5.74) is 4.65. The molecule has 4 heterocycles. The van der Waals surface area contributed by atoms with Crippen molar-refractivity contribution < 1.29 is 52.9 Å². The van der Waals surface area contributed by atoms with Crippen molar-refractivity contribution in [3.05, 3.63) is 21.5 Å². The largest absolute Gasteiger partial charge is 0.479 e. The smallest absolute Gasteiger partial charge is 0.413 e. The zero-order valence-electron chi connectivity index (χ0n) is 28.4. The molecule has 0 aliphatic carbocycles. The van der Waals surface area contributed by atoms with Crippen molar-refractivity contribution in [3.8, 4) is 0 Å². The number of hydrogen-bond acceptors (Lipinski definition) is 15. The highest BCUT2D eigenvalue weighted by atomic mass is 32.2. The van der Waals surface area contributed by atoms with Crippen molar-refractivity contribution in [3.63, 3.8) is 0 Å². The van der Waals surface area contributed by atoms with Crippen LogP contribution in [0.2, 0.25) is 0 Å². The molecule has 3 fully saturated rings. The van der Waals surface area contributed by atoms with Gasteiger partial charge in [-0.1, -0.05) is 22.0 Å². The maximum atomic E-state index is 13.8. The van der Waals surface area contributed by atoms with Crippen LogP contribution in [0.25, 0.3) is 10.4 Å². The van der Waals surface area contributed by atoms with E-state index in [1.54, 1.807) is 41.5 Å². The van der Waals surface area contributed by atoms with Gasteiger partial charge in [0.2, 0.25) is 16.4 Å². The van der Waals surface area contributed by atoms with Crippen molar-refractivity contribution in [2.45, 2.75) is 94.6 Å². The fraction of sp³-hybridized carbons (Fsp3) is 0.643. The van der Waals surface area contributed by atoms with Crippen LogP contribution in [0.15, 0.2) is 15.7 Å². The van der Waals surface area contributed by atoms with Gasteiger partial charge in [-0.15, -0.1) is 11.3 Å². The summed E-state index contributed by atoms with van der Waals surface area (Å²) in [6.45, 7) is 11.9. The average molecular weight is 740 g/mol. The second kappa shape index (κ2) is 13.8. The minimum Gasteiger partial charge on any atom is -0.479 e. The highest BCUT2D eigenvalue weighted by molar-refractivity contribution is 8.02. The first-order chi connectivity index (χ1) is 23.1. The summed E-state index contributed by atoms with van der Waals surface area (Å²) in [5.74, 6) is -3.85. The molecule has 50 heavy (non-hydrogen) atoms. The van der Waals surface area contributed by atoms with E-state index in [9.17, 15) is 33.9 Å². The molecule has 4 amide bonds. The van der Waals surface area contributed by atoms with Crippen LogP contribution in [0.5, 0.6) is 0 Å². The first-order valence-corrected chi connectivity index (χ1v) is 16.8. The number of oxime groups is 1. The Hall–Kier alpha value is -4.82. The molecule has 1 unspecified atom stereocenters. The van der Waals surface area contributed by atoms with Gasteiger partial charge in [0, 0.05) is 10.3 Å². The van der Waals surface area contributed by atoms with Crippen molar-refractivity contribution >= 4 is 69.9 Å². The molecular formula is C28H37N9O11S2. The number of hydrogen-bond donors (Lipinski definition) is 3. The average Bonchev–Trinajstić information content (AvgIpc) is 3.69. The molecule has 0 saturated carbocycles. The number of aromatic nitrogens is 1. The van der Waals surface area contributed by atoms with Gasteiger partial charge in [0.25, 0.3) is 5.91 Å². The molecule has 0 spiro atoms. The number of carboxylic acids is 1. The quantitative estimate of drug-likeness (QED) is 0.0431. The molecule has 4 atom stereocenters. The zero-order valence-corrected chi connectivity index (χ0v) is 30.0. The number of amides is 4. The third kappa shape index (κ3) is 8.30. The van der Waals surface area contributed by atoms with Crippen molar-refractivity contribution in [1.82, 2.24) is 20.1 Å². The maximum absolute atomic E-state index is 13.8. The van der Waals surface area contributed by atoms with Gasteiger partial charge in [-0.3, -0.25) is 19.8 Å². The van der Waals surface area contributed by atoms with Crippen molar-refractivity contribution in [2.75, 3.05) is 25.0 Å². The fourth-order valence-corrected chi connectivity index (χ4v) is 6.99. The van der Waals surface area contributed by atoms with Crippen LogP contribution in [0.3, 0.4) is 0 Å². The molecular weight excluding hydrogens is 702 g/mol. The van der Waals surface area contributed by atoms with Gasteiger partial charge in [-0.05, 0) is 60.9 Å². The monoisotopic (exact) mass is 739 g/mol. The van der Waals surface area contributed by atoms with Crippen LogP contribution >= 0.6 is 23.1 Å². The van der Waals surface area contributed by atoms with Crippen LogP contribution in [0.4, 0.5) is 14.7 Å². The van der Waals surface area contributed by atoms with E-state index in [1.165, 1.54) is 24.1 Å². The summed E-state index contributed by atoms with van der Waals surface area (Å²) in [7, 11) is 0. The number of esters is 1. The number of rotatable bonds is 11. The Kier molecular flexibility index (Phi) is 10.5. The number of fused-ring (bicyclic) bond motifs is 1. The van der Waals surface area contributed by atoms with Crippen LogP contribution in [0.1, 0.15) is 61.1 Å². The summed E-state index contributed by atoms with van der Waals surface area (Å²) in [4.78, 5) is 90.0. The summed E-state index contributed by atoms with van der Waals surface area (Å²) in [5, 5.41) is 23.0. The molecule has 3 saturated heterocycles. The van der Waals surface area contributed by atoms with Crippen LogP contribution in [-0.2, 0) is 38.2 Å².